The zero-order valence-electron chi connectivity index (χ0n) is 13.2. The Balaban J connectivity index is 1.62. The number of anilines is 1. The van der Waals surface area contributed by atoms with Crippen LogP contribution in [0, 0.1) is 6.92 Å². The highest BCUT2D eigenvalue weighted by Gasteiger charge is 2.27. The second kappa shape index (κ2) is 6.66. The van der Waals surface area contributed by atoms with Gasteiger partial charge in [0.1, 0.15) is 6.04 Å². The number of amides is 1. The van der Waals surface area contributed by atoms with Crippen molar-refractivity contribution in [1.82, 2.24) is 24.6 Å². The number of rotatable bonds is 3. The molecule has 3 rings (SSSR count). The van der Waals surface area contributed by atoms with Crippen LogP contribution >= 0.6 is 15.9 Å². The van der Waals surface area contributed by atoms with E-state index in [1.54, 1.807) is 23.1 Å². The molecule has 0 spiro atoms. The molecule has 122 valence electrons. The Morgan fingerprint density at radius 2 is 1.87 bits per heavy atom. The summed E-state index contributed by atoms with van der Waals surface area (Å²) < 4.78 is 2.64. The van der Waals surface area contributed by atoms with Crippen molar-refractivity contribution < 1.29 is 4.79 Å². The second-order valence-corrected chi connectivity index (χ2v) is 6.43. The summed E-state index contributed by atoms with van der Waals surface area (Å²) in [5.41, 5.74) is 0.885. The van der Waals surface area contributed by atoms with E-state index in [2.05, 4.69) is 35.9 Å². The lowest BCUT2D eigenvalue weighted by Gasteiger charge is -2.35. The molecule has 23 heavy (non-hydrogen) atoms. The molecule has 2 aromatic rings. The van der Waals surface area contributed by atoms with Crippen molar-refractivity contribution in [3.63, 3.8) is 0 Å². The standard InChI is InChI=1S/C15H19BrN6O/c1-11-13(16)10-22(19-11)12(2)14(23)20-6-8-21(9-7-20)15-17-4-3-5-18-15/h3-5,10,12H,6-9H2,1-2H3/t12-/m1/s1. The number of carbonyl (C=O) groups excluding carboxylic acids is 1. The zero-order chi connectivity index (χ0) is 16.4. The fourth-order valence-electron chi connectivity index (χ4n) is 2.62. The molecule has 1 aliphatic rings. The molecule has 3 heterocycles. The lowest BCUT2D eigenvalue weighted by atomic mass is 10.2. The van der Waals surface area contributed by atoms with Crippen LogP contribution < -0.4 is 4.90 Å². The Morgan fingerprint density at radius 1 is 1.22 bits per heavy atom. The second-order valence-electron chi connectivity index (χ2n) is 5.58. The number of aromatic nitrogens is 4. The van der Waals surface area contributed by atoms with E-state index in [1.807, 2.05) is 24.9 Å². The van der Waals surface area contributed by atoms with Crippen LogP contribution in [0.15, 0.2) is 29.1 Å². The van der Waals surface area contributed by atoms with Gasteiger partial charge in [0.15, 0.2) is 0 Å². The van der Waals surface area contributed by atoms with Crippen LogP contribution in [0.5, 0.6) is 0 Å². The number of carbonyl (C=O) groups is 1. The van der Waals surface area contributed by atoms with Crippen LogP contribution in [0.4, 0.5) is 5.95 Å². The van der Waals surface area contributed by atoms with Gasteiger partial charge in [-0.05, 0) is 35.8 Å². The van der Waals surface area contributed by atoms with E-state index < -0.39 is 0 Å². The molecule has 0 aliphatic carbocycles. The Bertz CT molecular complexity index is 661. The predicted octanol–water partition coefficient (Wildman–Crippen LogP) is 1.65. The van der Waals surface area contributed by atoms with E-state index in [0.717, 1.165) is 29.2 Å². The van der Waals surface area contributed by atoms with Crippen molar-refractivity contribution in [3.05, 3.63) is 34.8 Å². The molecule has 1 saturated heterocycles. The summed E-state index contributed by atoms with van der Waals surface area (Å²) in [6.45, 7) is 6.62. The van der Waals surface area contributed by atoms with Gasteiger partial charge in [-0.3, -0.25) is 9.48 Å². The van der Waals surface area contributed by atoms with Crippen LogP contribution in [-0.4, -0.2) is 56.7 Å². The maximum Gasteiger partial charge on any atom is 0.247 e. The lowest BCUT2D eigenvalue weighted by molar-refractivity contribution is -0.134. The number of aryl methyl sites for hydroxylation is 1. The van der Waals surface area contributed by atoms with Crippen molar-refractivity contribution in [2.45, 2.75) is 19.9 Å². The van der Waals surface area contributed by atoms with Gasteiger partial charge in [-0.25, -0.2) is 9.97 Å². The van der Waals surface area contributed by atoms with Crippen molar-refractivity contribution in [3.8, 4) is 0 Å². The fraction of sp³-hybridized carbons (Fsp3) is 0.467. The summed E-state index contributed by atoms with van der Waals surface area (Å²) in [6, 6.07) is 1.49. The van der Waals surface area contributed by atoms with E-state index in [-0.39, 0.29) is 11.9 Å². The van der Waals surface area contributed by atoms with Gasteiger partial charge in [-0.1, -0.05) is 0 Å². The van der Waals surface area contributed by atoms with Crippen molar-refractivity contribution in [1.29, 1.82) is 0 Å². The van der Waals surface area contributed by atoms with Gasteiger partial charge in [-0.15, -0.1) is 0 Å². The van der Waals surface area contributed by atoms with E-state index in [4.69, 9.17) is 0 Å². The van der Waals surface area contributed by atoms with Gasteiger partial charge < -0.3 is 9.80 Å². The highest BCUT2D eigenvalue weighted by molar-refractivity contribution is 9.10. The van der Waals surface area contributed by atoms with Crippen LogP contribution in [0.25, 0.3) is 0 Å². The summed E-state index contributed by atoms with van der Waals surface area (Å²) in [7, 11) is 0. The molecule has 0 N–H and O–H groups in total. The number of halogens is 1. The van der Waals surface area contributed by atoms with Crippen LogP contribution in [0.3, 0.4) is 0 Å². The first kappa shape index (κ1) is 15.9. The minimum Gasteiger partial charge on any atom is -0.337 e. The fourth-order valence-corrected chi connectivity index (χ4v) is 2.91. The molecule has 1 aliphatic heterocycles. The molecule has 8 heteroatoms. The average Bonchev–Trinajstić information content (AvgIpc) is 2.93. The molecule has 1 amide bonds. The molecule has 2 aromatic heterocycles. The van der Waals surface area contributed by atoms with E-state index in [0.29, 0.717) is 13.1 Å². The van der Waals surface area contributed by atoms with Gasteiger partial charge >= 0.3 is 0 Å². The number of hydrogen-bond donors (Lipinski definition) is 0. The molecule has 7 nitrogen and oxygen atoms in total. The Labute approximate surface area is 143 Å². The summed E-state index contributed by atoms with van der Waals surface area (Å²) in [6.07, 6.45) is 5.33. The minimum absolute atomic E-state index is 0.0913. The predicted molar refractivity (Wildman–Crippen MR) is 90.2 cm³/mol. The first-order valence-corrected chi connectivity index (χ1v) is 8.37. The molecule has 1 fully saturated rings. The molecule has 0 bridgehead atoms. The Morgan fingerprint density at radius 3 is 2.43 bits per heavy atom. The van der Waals surface area contributed by atoms with Crippen molar-refractivity contribution in [2.75, 3.05) is 31.1 Å². The van der Waals surface area contributed by atoms with Gasteiger partial charge in [0, 0.05) is 44.8 Å². The first-order valence-electron chi connectivity index (χ1n) is 7.58. The lowest BCUT2D eigenvalue weighted by Crippen LogP contribution is -2.50. The minimum atomic E-state index is -0.306. The van der Waals surface area contributed by atoms with Gasteiger partial charge in [-0.2, -0.15) is 5.10 Å². The highest BCUT2D eigenvalue weighted by Crippen LogP contribution is 2.19. The molecule has 0 aromatic carbocycles. The Hall–Kier alpha value is -1.96. The van der Waals surface area contributed by atoms with E-state index >= 15 is 0 Å². The molecular weight excluding hydrogens is 360 g/mol. The van der Waals surface area contributed by atoms with E-state index in [1.165, 1.54) is 0 Å². The monoisotopic (exact) mass is 378 g/mol. The van der Waals surface area contributed by atoms with Crippen LogP contribution in [0.1, 0.15) is 18.7 Å². The molecule has 0 saturated carbocycles. The summed E-state index contributed by atoms with van der Waals surface area (Å²) in [5, 5.41) is 4.38. The van der Waals surface area contributed by atoms with Gasteiger partial charge in [0.25, 0.3) is 0 Å². The van der Waals surface area contributed by atoms with Crippen molar-refractivity contribution in [2.24, 2.45) is 0 Å². The maximum absolute atomic E-state index is 12.7. The van der Waals surface area contributed by atoms with Crippen LogP contribution in [-0.2, 0) is 4.79 Å². The molecule has 0 radical (unpaired) electrons. The number of piperazine rings is 1. The molecular formula is C15H19BrN6O. The average molecular weight is 379 g/mol. The largest absolute Gasteiger partial charge is 0.337 e. The van der Waals surface area contributed by atoms with Crippen LogP contribution in [0.2, 0.25) is 0 Å². The zero-order valence-corrected chi connectivity index (χ0v) is 14.8. The summed E-state index contributed by atoms with van der Waals surface area (Å²) >= 11 is 3.43. The smallest absolute Gasteiger partial charge is 0.247 e. The summed E-state index contributed by atoms with van der Waals surface area (Å²) in [5.74, 6) is 0.813. The number of nitrogens with zero attached hydrogens (tertiary/aromatic N) is 6. The molecule has 0 unspecified atom stereocenters. The van der Waals surface area contributed by atoms with E-state index in [9.17, 15) is 4.79 Å². The third-order valence-electron chi connectivity index (χ3n) is 4.04. The van der Waals surface area contributed by atoms with Crippen molar-refractivity contribution >= 4 is 27.8 Å². The first-order chi connectivity index (χ1) is 11.1. The maximum atomic E-state index is 12.7. The Kier molecular flexibility index (Phi) is 4.61. The highest BCUT2D eigenvalue weighted by atomic mass is 79.9. The third kappa shape index (κ3) is 3.36. The number of hydrogen-bond acceptors (Lipinski definition) is 5. The quantitative estimate of drug-likeness (QED) is 0.812. The normalized spacial score (nSPS) is 16.5. The van der Waals surface area contributed by atoms with Gasteiger partial charge in [0.05, 0.1) is 10.2 Å². The SMILES string of the molecule is Cc1nn([C@H](C)C(=O)N2CCN(c3ncccn3)CC2)cc1Br. The topological polar surface area (TPSA) is 67.2 Å². The third-order valence-corrected chi connectivity index (χ3v) is 4.82. The summed E-state index contributed by atoms with van der Waals surface area (Å²) in [4.78, 5) is 25.2. The van der Waals surface area contributed by atoms with Gasteiger partial charge in [0.2, 0.25) is 11.9 Å². The molecule has 1 atom stereocenters.